The third-order valence-electron chi connectivity index (χ3n) is 4.38. The van der Waals surface area contributed by atoms with Crippen LogP contribution in [0.5, 0.6) is 5.75 Å². The number of esters is 1. The zero-order chi connectivity index (χ0) is 21.0. The van der Waals surface area contributed by atoms with Gasteiger partial charge in [0.25, 0.3) is 0 Å². The molecule has 0 aromatic heterocycles. The molecular formula is C20H19N3O6. The van der Waals surface area contributed by atoms with E-state index >= 15 is 0 Å². The fraction of sp³-hybridized carbons (Fsp3) is 0.200. The zero-order valence-electron chi connectivity index (χ0n) is 15.8. The van der Waals surface area contributed by atoms with Gasteiger partial charge < -0.3 is 20.1 Å². The van der Waals surface area contributed by atoms with Gasteiger partial charge >= 0.3 is 12.0 Å². The van der Waals surface area contributed by atoms with Gasteiger partial charge in [0.2, 0.25) is 11.8 Å². The fourth-order valence-electron chi connectivity index (χ4n) is 2.85. The maximum atomic E-state index is 12.9. The van der Waals surface area contributed by atoms with E-state index in [1.165, 1.54) is 44.6 Å². The molecule has 1 saturated heterocycles. The van der Waals surface area contributed by atoms with Gasteiger partial charge in [-0.1, -0.05) is 6.07 Å². The average molecular weight is 397 g/mol. The predicted molar refractivity (Wildman–Crippen MR) is 104 cm³/mol. The molecule has 2 aromatic carbocycles. The predicted octanol–water partition coefficient (Wildman–Crippen LogP) is 1.79. The number of hydrogen-bond acceptors (Lipinski definition) is 6. The molecule has 1 aliphatic heterocycles. The minimum atomic E-state index is -1.11. The SMILES string of the molecule is COC(=O)c1ccc(NC(=O)C2CNC(=O)N(c3cccc(OC)c3)C2=O)cc1. The van der Waals surface area contributed by atoms with Gasteiger partial charge in [0, 0.05) is 18.3 Å². The standard InChI is InChI=1S/C20H19N3O6/c1-28-15-5-3-4-14(10-15)23-18(25)16(11-21-20(23)27)17(24)22-13-8-6-12(7-9-13)19(26)29-2/h3-10,16H,11H2,1-2H3,(H,21,27)(H,22,24). The van der Waals surface area contributed by atoms with Gasteiger partial charge in [-0.05, 0) is 36.4 Å². The second kappa shape index (κ2) is 8.42. The molecule has 0 saturated carbocycles. The summed E-state index contributed by atoms with van der Waals surface area (Å²) in [6.45, 7) is -0.121. The third kappa shape index (κ3) is 4.18. The first-order valence-electron chi connectivity index (χ1n) is 8.69. The zero-order valence-corrected chi connectivity index (χ0v) is 15.8. The highest BCUT2D eigenvalue weighted by atomic mass is 16.5. The molecule has 9 heteroatoms. The van der Waals surface area contributed by atoms with Gasteiger partial charge in [0.05, 0.1) is 25.5 Å². The number of hydrogen-bond donors (Lipinski definition) is 2. The van der Waals surface area contributed by atoms with E-state index in [4.69, 9.17) is 4.74 Å². The summed E-state index contributed by atoms with van der Waals surface area (Å²) in [5.74, 6) is -2.36. The maximum Gasteiger partial charge on any atom is 0.337 e. The van der Waals surface area contributed by atoms with Crippen LogP contribution in [0.25, 0.3) is 0 Å². The van der Waals surface area contributed by atoms with Crippen molar-refractivity contribution in [3.63, 3.8) is 0 Å². The van der Waals surface area contributed by atoms with E-state index in [0.29, 0.717) is 22.7 Å². The number of ether oxygens (including phenoxy) is 2. The van der Waals surface area contributed by atoms with E-state index < -0.39 is 29.7 Å². The lowest BCUT2D eigenvalue weighted by molar-refractivity contribution is -0.130. The fourth-order valence-corrected chi connectivity index (χ4v) is 2.85. The lowest BCUT2D eigenvalue weighted by Crippen LogP contribution is -2.58. The number of nitrogens with one attached hydrogen (secondary N) is 2. The Kier molecular flexibility index (Phi) is 5.77. The number of imide groups is 1. The highest BCUT2D eigenvalue weighted by Gasteiger charge is 2.39. The summed E-state index contributed by atoms with van der Waals surface area (Å²) in [5, 5.41) is 5.17. The van der Waals surface area contributed by atoms with Crippen molar-refractivity contribution in [1.82, 2.24) is 5.32 Å². The number of anilines is 2. The Morgan fingerprint density at radius 2 is 1.83 bits per heavy atom. The maximum absolute atomic E-state index is 12.9. The molecule has 2 N–H and O–H groups in total. The Morgan fingerprint density at radius 1 is 1.10 bits per heavy atom. The summed E-state index contributed by atoms with van der Waals surface area (Å²) in [6, 6.07) is 11.8. The topological polar surface area (TPSA) is 114 Å². The van der Waals surface area contributed by atoms with E-state index in [0.717, 1.165) is 4.90 Å². The van der Waals surface area contributed by atoms with Crippen molar-refractivity contribution in [1.29, 1.82) is 0 Å². The van der Waals surface area contributed by atoms with Crippen molar-refractivity contribution in [2.24, 2.45) is 5.92 Å². The Labute approximate surface area is 166 Å². The highest BCUT2D eigenvalue weighted by molar-refractivity contribution is 6.23. The molecule has 0 radical (unpaired) electrons. The van der Waals surface area contributed by atoms with Crippen molar-refractivity contribution in [3.8, 4) is 5.75 Å². The normalized spacial score (nSPS) is 16.1. The van der Waals surface area contributed by atoms with Crippen molar-refractivity contribution in [3.05, 3.63) is 54.1 Å². The van der Waals surface area contributed by atoms with E-state index in [1.807, 2.05) is 0 Å². The summed E-state index contributed by atoms with van der Waals surface area (Å²) in [5.41, 5.74) is 1.03. The van der Waals surface area contributed by atoms with Crippen LogP contribution in [0.15, 0.2) is 48.5 Å². The molecular weight excluding hydrogens is 378 g/mol. The summed E-state index contributed by atoms with van der Waals surface area (Å²) >= 11 is 0. The van der Waals surface area contributed by atoms with Crippen LogP contribution >= 0.6 is 0 Å². The summed E-state index contributed by atoms with van der Waals surface area (Å²) in [4.78, 5) is 50.1. The van der Waals surface area contributed by atoms with Crippen LogP contribution < -0.4 is 20.3 Å². The van der Waals surface area contributed by atoms with Gasteiger partial charge in [-0.25, -0.2) is 14.5 Å². The molecule has 1 unspecified atom stereocenters. The second-order valence-electron chi connectivity index (χ2n) is 6.17. The van der Waals surface area contributed by atoms with Crippen molar-refractivity contribution >= 4 is 35.2 Å². The first-order valence-corrected chi connectivity index (χ1v) is 8.69. The molecule has 150 valence electrons. The second-order valence-corrected chi connectivity index (χ2v) is 6.17. The van der Waals surface area contributed by atoms with Crippen LogP contribution in [0.1, 0.15) is 10.4 Å². The third-order valence-corrected chi connectivity index (χ3v) is 4.38. The Balaban J connectivity index is 1.76. The molecule has 4 amide bonds. The Morgan fingerprint density at radius 3 is 2.48 bits per heavy atom. The lowest BCUT2D eigenvalue weighted by atomic mass is 10.0. The number of carbonyl (C=O) groups excluding carboxylic acids is 4. The largest absolute Gasteiger partial charge is 0.497 e. The first-order chi connectivity index (χ1) is 13.9. The average Bonchev–Trinajstić information content (AvgIpc) is 2.74. The molecule has 1 fully saturated rings. The minimum Gasteiger partial charge on any atom is -0.497 e. The van der Waals surface area contributed by atoms with Crippen LogP contribution in [-0.4, -0.2) is 44.6 Å². The molecule has 0 spiro atoms. The first kappa shape index (κ1) is 19.9. The number of methoxy groups -OCH3 is 2. The molecule has 29 heavy (non-hydrogen) atoms. The van der Waals surface area contributed by atoms with E-state index in [9.17, 15) is 19.2 Å². The monoisotopic (exact) mass is 397 g/mol. The lowest BCUT2D eigenvalue weighted by Gasteiger charge is -2.30. The van der Waals surface area contributed by atoms with Gasteiger partial charge in [-0.3, -0.25) is 9.59 Å². The quantitative estimate of drug-likeness (QED) is 0.587. The molecule has 2 aromatic rings. The molecule has 1 heterocycles. The Hall–Kier alpha value is -3.88. The number of benzene rings is 2. The van der Waals surface area contributed by atoms with Crippen molar-refractivity contribution in [2.75, 3.05) is 31.0 Å². The minimum absolute atomic E-state index is 0.121. The van der Waals surface area contributed by atoms with Gasteiger partial charge in [-0.2, -0.15) is 0 Å². The Bertz CT molecular complexity index is 957. The molecule has 9 nitrogen and oxygen atoms in total. The molecule has 1 aliphatic rings. The van der Waals surface area contributed by atoms with Crippen molar-refractivity contribution in [2.45, 2.75) is 0 Å². The summed E-state index contributed by atoms with van der Waals surface area (Å²) in [7, 11) is 2.74. The van der Waals surface area contributed by atoms with Crippen LogP contribution in [0.3, 0.4) is 0 Å². The molecule has 3 rings (SSSR count). The number of carbonyl (C=O) groups is 4. The van der Waals surface area contributed by atoms with Gasteiger partial charge in [0.15, 0.2) is 0 Å². The molecule has 1 atom stereocenters. The van der Waals surface area contributed by atoms with E-state index in [-0.39, 0.29) is 6.54 Å². The smallest absolute Gasteiger partial charge is 0.337 e. The van der Waals surface area contributed by atoms with Crippen LogP contribution in [0, 0.1) is 5.92 Å². The van der Waals surface area contributed by atoms with Crippen LogP contribution in [0.2, 0.25) is 0 Å². The summed E-state index contributed by atoms with van der Waals surface area (Å²) < 4.78 is 9.74. The van der Waals surface area contributed by atoms with Crippen molar-refractivity contribution < 1.29 is 28.7 Å². The molecule has 0 aliphatic carbocycles. The molecule has 0 bridgehead atoms. The number of nitrogens with zero attached hydrogens (tertiary/aromatic N) is 1. The number of amides is 4. The van der Waals surface area contributed by atoms with Crippen LogP contribution in [0.4, 0.5) is 16.2 Å². The number of urea groups is 1. The highest BCUT2D eigenvalue weighted by Crippen LogP contribution is 2.25. The summed E-state index contributed by atoms with van der Waals surface area (Å²) in [6.07, 6.45) is 0. The van der Waals surface area contributed by atoms with Gasteiger partial charge in [-0.15, -0.1) is 0 Å². The number of rotatable bonds is 5. The van der Waals surface area contributed by atoms with Gasteiger partial charge in [0.1, 0.15) is 11.7 Å². The van der Waals surface area contributed by atoms with E-state index in [2.05, 4.69) is 15.4 Å². The van der Waals surface area contributed by atoms with E-state index in [1.54, 1.807) is 18.2 Å². The van der Waals surface area contributed by atoms with Crippen LogP contribution in [-0.2, 0) is 14.3 Å².